The summed E-state index contributed by atoms with van der Waals surface area (Å²) in [6.45, 7) is 5.75. The highest BCUT2D eigenvalue weighted by atomic mass is 16.6. The number of nitrogens with one attached hydrogen (secondary N) is 1. The molecule has 0 aliphatic heterocycles. The number of nitrogens with zero attached hydrogens (tertiary/aromatic N) is 1. The summed E-state index contributed by atoms with van der Waals surface area (Å²) in [5.41, 5.74) is 1.68. The summed E-state index contributed by atoms with van der Waals surface area (Å²) in [6, 6.07) is 5.33. The lowest BCUT2D eigenvalue weighted by Gasteiger charge is -2.12. The van der Waals surface area contributed by atoms with E-state index in [0.717, 1.165) is 5.69 Å². The molecule has 0 aliphatic carbocycles. The second-order valence-corrected chi connectivity index (χ2v) is 3.51. The molecule has 1 N–H and O–H groups in total. The highest BCUT2D eigenvalue weighted by Gasteiger charge is 2.12. The number of benzene rings is 1. The third-order valence-electron chi connectivity index (χ3n) is 1.95. The summed E-state index contributed by atoms with van der Waals surface area (Å²) in [6.07, 6.45) is 0. The van der Waals surface area contributed by atoms with Crippen LogP contribution in [0.25, 0.3) is 0 Å². The number of hydrogen-bond donors (Lipinski definition) is 1. The van der Waals surface area contributed by atoms with Crippen LogP contribution in [0.4, 0.5) is 11.4 Å². The van der Waals surface area contributed by atoms with E-state index in [2.05, 4.69) is 5.32 Å². The smallest absolute Gasteiger partial charge is 0.274 e. The highest BCUT2D eigenvalue weighted by Crippen LogP contribution is 2.25. The second kappa shape index (κ2) is 4.09. The molecule has 0 saturated heterocycles. The lowest BCUT2D eigenvalue weighted by Crippen LogP contribution is -2.11. The Bertz CT molecular complexity index is 348. The molecule has 0 fully saturated rings. The van der Waals surface area contributed by atoms with Gasteiger partial charge in [-0.15, -0.1) is 0 Å². The largest absolute Gasteiger partial charge is 0.382 e. The third-order valence-corrected chi connectivity index (χ3v) is 1.95. The van der Waals surface area contributed by atoms with Crippen molar-refractivity contribution in [1.82, 2.24) is 0 Å². The van der Waals surface area contributed by atoms with Gasteiger partial charge in [-0.25, -0.2) is 0 Å². The van der Waals surface area contributed by atoms with Gasteiger partial charge in [0.2, 0.25) is 0 Å². The van der Waals surface area contributed by atoms with Crippen LogP contribution in [0.15, 0.2) is 18.2 Å². The number of nitro benzene ring substituents is 1. The number of anilines is 1. The topological polar surface area (TPSA) is 55.2 Å². The van der Waals surface area contributed by atoms with Gasteiger partial charge in [0.15, 0.2) is 0 Å². The van der Waals surface area contributed by atoms with Crippen molar-refractivity contribution in [1.29, 1.82) is 0 Å². The Morgan fingerprint density at radius 1 is 1.43 bits per heavy atom. The molecule has 4 nitrogen and oxygen atoms in total. The van der Waals surface area contributed by atoms with Crippen molar-refractivity contribution in [2.75, 3.05) is 5.32 Å². The van der Waals surface area contributed by atoms with Crippen molar-refractivity contribution >= 4 is 11.4 Å². The van der Waals surface area contributed by atoms with E-state index in [1.165, 1.54) is 6.07 Å². The van der Waals surface area contributed by atoms with Gasteiger partial charge in [0.1, 0.15) is 0 Å². The van der Waals surface area contributed by atoms with Crippen molar-refractivity contribution in [3.63, 3.8) is 0 Å². The molecule has 1 aromatic rings. The van der Waals surface area contributed by atoms with Crippen molar-refractivity contribution < 1.29 is 4.92 Å². The van der Waals surface area contributed by atoms with Gasteiger partial charge in [0.25, 0.3) is 5.69 Å². The van der Waals surface area contributed by atoms with E-state index in [4.69, 9.17) is 0 Å². The third kappa shape index (κ3) is 2.22. The van der Waals surface area contributed by atoms with Crippen molar-refractivity contribution in [2.24, 2.45) is 0 Å². The number of hydrogen-bond acceptors (Lipinski definition) is 3. The van der Waals surface area contributed by atoms with E-state index in [0.29, 0.717) is 5.56 Å². The molecule has 0 unspecified atom stereocenters. The fourth-order valence-corrected chi connectivity index (χ4v) is 1.29. The monoisotopic (exact) mass is 194 g/mol. The van der Waals surface area contributed by atoms with Gasteiger partial charge in [-0.05, 0) is 26.8 Å². The summed E-state index contributed by atoms with van der Waals surface area (Å²) in [4.78, 5) is 10.3. The van der Waals surface area contributed by atoms with Gasteiger partial charge in [-0.1, -0.05) is 6.07 Å². The Kier molecular flexibility index (Phi) is 3.06. The van der Waals surface area contributed by atoms with E-state index >= 15 is 0 Å². The molecular weight excluding hydrogens is 180 g/mol. The first kappa shape index (κ1) is 10.5. The minimum Gasteiger partial charge on any atom is -0.382 e. The van der Waals surface area contributed by atoms with E-state index < -0.39 is 0 Å². The van der Waals surface area contributed by atoms with Crippen molar-refractivity contribution in [3.05, 3.63) is 33.9 Å². The van der Waals surface area contributed by atoms with Crippen molar-refractivity contribution in [2.45, 2.75) is 26.8 Å². The van der Waals surface area contributed by atoms with E-state index in [1.807, 2.05) is 19.9 Å². The van der Waals surface area contributed by atoms with Crippen LogP contribution in [-0.4, -0.2) is 11.0 Å². The molecule has 0 atom stereocenters. The zero-order valence-corrected chi connectivity index (χ0v) is 8.57. The van der Waals surface area contributed by atoms with Gasteiger partial charge < -0.3 is 5.32 Å². The Balaban J connectivity index is 3.07. The first-order valence-corrected chi connectivity index (χ1v) is 4.53. The van der Waals surface area contributed by atoms with Gasteiger partial charge in [-0.2, -0.15) is 0 Å². The maximum Gasteiger partial charge on any atom is 0.274 e. The van der Waals surface area contributed by atoms with Gasteiger partial charge >= 0.3 is 0 Å². The molecule has 1 aromatic carbocycles. The average molecular weight is 194 g/mol. The fourth-order valence-electron chi connectivity index (χ4n) is 1.29. The molecule has 4 heteroatoms. The summed E-state index contributed by atoms with van der Waals surface area (Å²) in [7, 11) is 0. The fraction of sp³-hybridized carbons (Fsp3) is 0.400. The standard InChI is InChI=1S/C10H14N2O2/c1-7(2)11-9-5-4-6-10(8(9)3)12(13)14/h4-7,11H,1-3H3. The first-order valence-electron chi connectivity index (χ1n) is 4.53. The van der Waals surface area contributed by atoms with Crippen LogP contribution in [0.5, 0.6) is 0 Å². The van der Waals surface area contributed by atoms with Crippen LogP contribution in [0.3, 0.4) is 0 Å². The van der Waals surface area contributed by atoms with E-state index in [1.54, 1.807) is 13.0 Å². The van der Waals surface area contributed by atoms with Gasteiger partial charge in [0.05, 0.1) is 4.92 Å². The molecule has 14 heavy (non-hydrogen) atoms. The molecule has 0 heterocycles. The number of nitro groups is 1. The zero-order valence-electron chi connectivity index (χ0n) is 8.57. The Hall–Kier alpha value is -1.58. The molecule has 0 radical (unpaired) electrons. The zero-order chi connectivity index (χ0) is 10.7. The first-order chi connectivity index (χ1) is 6.52. The molecular formula is C10H14N2O2. The lowest BCUT2D eigenvalue weighted by atomic mass is 10.1. The average Bonchev–Trinajstić information content (AvgIpc) is 2.07. The molecule has 1 rings (SSSR count). The maximum atomic E-state index is 10.6. The van der Waals surface area contributed by atoms with Crippen LogP contribution in [0, 0.1) is 17.0 Å². The summed E-state index contributed by atoms with van der Waals surface area (Å²) < 4.78 is 0. The van der Waals surface area contributed by atoms with E-state index in [9.17, 15) is 10.1 Å². The summed E-state index contributed by atoms with van der Waals surface area (Å²) >= 11 is 0. The Labute approximate surface area is 83.1 Å². The molecule has 76 valence electrons. The van der Waals surface area contributed by atoms with E-state index in [-0.39, 0.29) is 16.7 Å². The molecule has 0 bridgehead atoms. The highest BCUT2D eigenvalue weighted by molar-refractivity contribution is 5.59. The van der Waals surface area contributed by atoms with Gasteiger partial charge in [-0.3, -0.25) is 10.1 Å². The van der Waals surface area contributed by atoms with Crippen LogP contribution in [0.1, 0.15) is 19.4 Å². The molecule has 0 amide bonds. The predicted octanol–water partition coefficient (Wildman–Crippen LogP) is 2.72. The Morgan fingerprint density at radius 2 is 2.07 bits per heavy atom. The van der Waals surface area contributed by atoms with Crippen LogP contribution < -0.4 is 5.32 Å². The van der Waals surface area contributed by atoms with Crippen molar-refractivity contribution in [3.8, 4) is 0 Å². The summed E-state index contributed by atoms with van der Waals surface area (Å²) in [5.74, 6) is 0. The van der Waals surface area contributed by atoms with Crippen LogP contribution in [-0.2, 0) is 0 Å². The molecule has 0 saturated carbocycles. The molecule has 0 spiro atoms. The molecule has 0 aromatic heterocycles. The quantitative estimate of drug-likeness (QED) is 0.594. The lowest BCUT2D eigenvalue weighted by molar-refractivity contribution is -0.385. The minimum atomic E-state index is -0.360. The predicted molar refractivity (Wildman–Crippen MR) is 56.6 cm³/mol. The van der Waals surface area contributed by atoms with Crippen LogP contribution >= 0.6 is 0 Å². The number of rotatable bonds is 3. The molecule has 0 aliphatic rings. The maximum absolute atomic E-state index is 10.6. The van der Waals surface area contributed by atoms with Crippen LogP contribution in [0.2, 0.25) is 0 Å². The summed E-state index contributed by atoms with van der Waals surface area (Å²) in [5, 5.41) is 13.8. The Morgan fingerprint density at radius 3 is 2.57 bits per heavy atom. The SMILES string of the molecule is Cc1c(NC(C)C)cccc1[N+](=O)[O-]. The normalized spacial score (nSPS) is 10.3. The minimum absolute atomic E-state index is 0.163. The van der Waals surface area contributed by atoms with Gasteiger partial charge in [0, 0.05) is 23.4 Å². The second-order valence-electron chi connectivity index (χ2n) is 3.51.